The number of aryl methyl sites for hydroxylation is 1. The van der Waals surface area contributed by atoms with Crippen molar-refractivity contribution in [1.29, 1.82) is 0 Å². The van der Waals surface area contributed by atoms with Crippen molar-refractivity contribution in [2.45, 2.75) is 38.5 Å². The molecule has 1 aromatic carbocycles. The number of rotatable bonds is 6. The highest BCUT2D eigenvalue weighted by atomic mass is 32.2. The molecule has 0 atom stereocenters. The SMILES string of the molecule is CCC(CC)CNS(=O)(=O)c1cccc(C)c1. The van der Waals surface area contributed by atoms with Crippen molar-refractivity contribution < 1.29 is 8.42 Å². The molecule has 0 saturated heterocycles. The first kappa shape index (κ1) is 14.2. The lowest BCUT2D eigenvalue weighted by atomic mass is 10.0. The predicted octanol–water partition coefficient (Wildman–Crippen LogP) is 2.71. The van der Waals surface area contributed by atoms with E-state index in [2.05, 4.69) is 18.6 Å². The number of nitrogens with one attached hydrogen (secondary N) is 1. The van der Waals surface area contributed by atoms with E-state index < -0.39 is 10.0 Å². The minimum Gasteiger partial charge on any atom is -0.211 e. The van der Waals surface area contributed by atoms with Crippen molar-refractivity contribution in [1.82, 2.24) is 4.72 Å². The van der Waals surface area contributed by atoms with Crippen molar-refractivity contribution in [3.8, 4) is 0 Å². The zero-order chi connectivity index (χ0) is 12.9. The highest BCUT2D eigenvalue weighted by molar-refractivity contribution is 7.89. The maximum absolute atomic E-state index is 12.0. The summed E-state index contributed by atoms with van der Waals surface area (Å²) in [4.78, 5) is 0.350. The molecule has 1 rings (SSSR count). The van der Waals surface area contributed by atoms with E-state index in [1.807, 2.05) is 13.0 Å². The molecule has 0 radical (unpaired) electrons. The average molecular weight is 255 g/mol. The van der Waals surface area contributed by atoms with Crippen LogP contribution < -0.4 is 4.72 Å². The Morgan fingerprint density at radius 2 is 1.88 bits per heavy atom. The van der Waals surface area contributed by atoms with Crippen LogP contribution in [0.4, 0.5) is 0 Å². The van der Waals surface area contributed by atoms with Gasteiger partial charge in [-0.15, -0.1) is 0 Å². The van der Waals surface area contributed by atoms with E-state index in [-0.39, 0.29) is 0 Å². The van der Waals surface area contributed by atoms with E-state index in [0.29, 0.717) is 17.4 Å². The third-order valence-corrected chi connectivity index (χ3v) is 4.44. The smallest absolute Gasteiger partial charge is 0.211 e. The Balaban J connectivity index is 2.76. The van der Waals surface area contributed by atoms with Crippen molar-refractivity contribution in [3.63, 3.8) is 0 Å². The highest BCUT2D eigenvalue weighted by Crippen LogP contribution is 2.12. The molecular weight excluding hydrogens is 234 g/mol. The second-order valence-electron chi connectivity index (χ2n) is 4.35. The van der Waals surface area contributed by atoms with E-state index in [0.717, 1.165) is 18.4 Å². The first-order valence-electron chi connectivity index (χ1n) is 6.06. The van der Waals surface area contributed by atoms with Crippen molar-refractivity contribution in [2.75, 3.05) is 6.54 Å². The summed E-state index contributed by atoms with van der Waals surface area (Å²) in [5, 5.41) is 0. The summed E-state index contributed by atoms with van der Waals surface area (Å²) in [7, 11) is -3.35. The van der Waals surface area contributed by atoms with Gasteiger partial charge in [-0.1, -0.05) is 38.8 Å². The molecule has 0 aliphatic heterocycles. The molecule has 0 fully saturated rings. The molecule has 4 heteroatoms. The van der Waals surface area contributed by atoms with Gasteiger partial charge in [0, 0.05) is 6.54 Å². The summed E-state index contributed by atoms with van der Waals surface area (Å²) in [6, 6.07) is 6.97. The minimum absolute atomic E-state index is 0.350. The van der Waals surface area contributed by atoms with Crippen LogP contribution in [0.5, 0.6) is 0 Å². The Morgan fingerprint density at radius 1 is 1.24 bits per heavy atom. The Labute approximate surface area is 104 Å². The zero-order valence-electron chi connectivity index (χ0n) is 10.7. The maximum Gasteiger partial charge on any atom is 0.240 e. The van der Waals surface area contributed by atoms with E-state index in [9.17, 15) is 8.42 Å². The average Bonchev–Trinajstić information content (AvgIpc) is 2.30. The first-order chi connectivity index (χ1) is 7.99. The molecule has 0 spiro atoms. The molecule has 96 valence electrons. The van der Waals surface area contributed by atoms with Gasteiger partial charge in [-0.05, 0) is 30.5 Å². The molecule has 0 unspecified atom stereocenters. The molecule has 17 heavy (non-hydrogen) atoms. The van der Waals surface area contributed by atoms with E-state index in [1.165, 1.54) is 0 Å². The van der Waals surface area contributed by atoms with Gasteiger partial charge in [-0.25, -0.2) is 13.1 Å². The quantitative estimate of drug-likeness (QED) is 0.849. The maximum atomic E-state index is 12.0. The number of hydrogen-bond acceptors (Lipinski definition) is 2. The van der Waals surface area contributed by atoms with Crippen LogP contribution in [0, 0.1) is 12.8 Å². The Kier molecular flexibility index (Phi) is 5.15. The Hall–Kier alpha value is -0.870. The number of sulfonamides is 1. The van der Waals surface area contributed by atoms with Crippen LogP contribution in [0.1, 0.15) is 32.3 Å². The van der Waals surface area contributed by atoms with Crippen LogP contribution in [-0.2, 0) is 10.0 Å². The van der Waals surface area contributed by atoms with Gasteiger partial charge in [0.2, 0.25) is 10.0 Å². The Morgan fingerprint density at radius 3 is 2.41 bits per heavy atom. The van der Waals surface area contributed by atoms with Crippen LogP contribution >= 0.6 is 0 Å². The predicted molar refractivity (Wildman–Crippen MR) is 70.4 cm³/mol. The largest absolute Gasteiger partial charge is 0.240 e. The summed E-state index contributed by atoms with van der Waals surface area (Å²) < 4.78 is 26.7. The molecule has 0 aliphatic carbocycles. The molecule has 0 bridgehead atoms. The van der Waals surface area contributed by atoms with Crippen LogP contribution in [0.2, 0.25) is 0 Å². The molecule has 1 N–H and O–H groups in total. The third-order valence-electron chi connectivity index (χ3n) is 3.02. The van der Waals surface area contributed by atoms with Crippen LogP contribution in [0.15, 0.2) is 29.2 Å². The van der Waals surface area contributed by atoms with E-state index >= 15 is 0 Å². The number of hydrogen-bond donors (Lipinski definition) is 1. The lowest BCUT2D eigenvalue weighted by molar-refractivity contribution is 0.479. The summed E-state index contributed by atoms with van der Waals surface area (Å²) in [6.45, 7) is 6.56. The third kappa shape index (κ3) is 4.13. The van der Waals surface area contributed by atoms with Crippen LogP contribution in [0.3, 0.4) is 0 Å². The van der Waals surface area contributed by atoms with Gasteiger partial charge in [0.05, 0.1) is 4.90 Å². The van der Waals surface area contributed by atoms with Gasteiger partial charge >= 0.3 is 0 Å². The fourth-order valence-corrected chi connectivity index (χ4v) is 2.89. The molecule has 0 aromatic heterocycles. The van der Waals surface area contributed by atoms with Crippen LogP contribution in [-0.4, -0.2) is 15.0 Å². The topological polar surface area (TPSA) is 46.2 Å². The minimum atomic E-state index is -3.35. The molecule has 3 nitrogen and oxygen atoms in total. The van der Waals surface area contributed by atoms with Gasteiger partial charge in [0.1, 0.15) is 0 Å². The molecule has 0 amide bonds. The summed E-state index contributed by atoms with van der Waals surface area (Å²) in [5.74, 6) is 0.412. The first-order valence-corrected chi connectivity index (χ1v) is 7.54. The van der Waals surface area contributed by atoms with Crippen molar-refractivity contribution in [2.24, 2.45) is 5.92 Å². The van der Waals surface area contributed by atoms with Crippen molar-refractivity contribution >= 4 is 10.0 Å². The van der Waals surface area contributed by atoms with Gasteiger partial charge in [-0.2, -0.15) is 0 Å². The standard InChI is InChI=1S/C13H21NO2S/c1-4-12(5-2)10-14-17(15,16)13-8-6-7-11(3)9-13/h6-9,12,14H,4-5,10H2,1-3H3. The Bertz CT molecular complexity index is 450. The second kappa shape index (κ2) is 6.17. The van der Waals surface area contributed by atoms with Gasteiger partial charge in [0.15, 0.2) is 0 Å². The molecule has 0 saturated carbocycles. The number of benzene rings is 1. The van der Waals surface area contributed by atoms with Crippen LogP contribution in [0.25, 0.3) is 0 Å². The second-order valence-corrected chi connectivity index (χ2v) is 6.12. The fraction of sp³-hybridized carbons (Fsp3) is 0.538. The van der Waals surface area contributed by atoms with Gasteiger partial charge in [-0.3, -0.25) is 0 Å². The highest BCUT2D eigenvalue weighted by Gasteiger charge is 2.15. The lowest BCUT2D eigenvalue weighted by Gasteiger charge is -2.13. The van der Waals surface area contributed by atoms with Gasteiger partial charge < -0.3 is 0 Å². The summed E-state index contributed by atoms with van der Waals surface area (Å²) in [5.41, 5.74) is 0.954. The molecular formula is C13H21NO2S. The lowest BCUT2D eigenvalue weighted by Crippen LogP contribution is -2.29. The molecule has 0 heterocycles. The summed E-state index contributed by atoms with van der Waals surface area (Å²) >= 11 is 0. The monoisotopic (exact) mass is 255 g/mol. The van der Waals surface area contributed by atoms with E-state index in [4.69, 9.17) is 0 Å². The fourth-order valence-electron chi connectivity index (χ4n) is 1.67. The molecule has 1 aromatic rings. The summed E-state index contributed by atoms with van der Waals surface area (Å²) in [6.07, 6.45) is 1.99. The van der Waals surface area contributed by atoms with Crippen molar-refractivity contribution in [3.05, 3.63) is 29.8 Å². The normalized spacial score (nSPS) is 12.0. The van der Waals surface area contributed by atoms with E-state index in [1.54, 1.807) is 18.2 Å². The molecule has 0 aliphatic rings. The van der Waals surface area contributed by atoms with Gasteiger partial charge in [0.25, 0.3) is 0 Å². The zero-order valence-corrected chi connectivity index (χ0v) is 11.5.